The first-order valence-electron chi connectivity index (χ1n) is 17.0. The molecule has 0 saturated heterocycles. The number of unbranched alkanes of at least 4 members (excludes halogenated alkanes) is 6. The highest BCUT2D eigenvalue weighted by molar-refractivity contribution is 8.33. The van der Waals surface area contributed by atoms with Gasteiger partial charge in [0, 0.05) is 14.7 Å². The van der Waals surface area contributed by atoms with Crippen molar-refractivity contribution in [2.24, 2.45) is 0 Å². The van der Waals surface area contributed by atoms with Crippen molar-refractivity contribution < 1.29 is 12.0 Å². The van der Waals surface area contributed by atoms with E-state index in [1.165, 1.54) is 55.2 Å². The van der Waals surface area contributed by atoms with Crippen LogP contribution in [-0.4, -0.2) is 8.42 Å². The lowest BCUT2D eigenvalue weighted by molar-refractivity contribution is 0.508. The molecule has 0 aliphatic carbocycles. The SMILES string of the molecule is CCCCCc1ccc(S(OS(=O)(=O)c2ccc(C)cc2)(c2ccc(CCCCC)cc2)c2ccc(CCCCC)cc2)cc1. The molecule has 0 aliphatic rings. The number of hydrogen-bond donors (Lipinski definition) is 0. The van der Waals surface area contributed by atoms with Crippen LogP contribution in [0.3, 0.4) is 0 Å². The van der Waals surface area contributed by atoms with E-state index in [0.29, 0.717) is 0 Å². The standard InChI is InChI=1S/C40H52O3S2/c1-5-8-11-14-34-19-27-37(28-20-34)44(38-29-21-35(22-30-38)15-12-9-6-2,39-31-23-36(24-32-39)16-13-10-7-3)43-45(41,42)40-25-17-33(4)18-26-40/h17-32H,5-16H2,1-4H3. The van der Waals surface area contributed by atoms with Crippen LogP contribution in [0.25, 0.3) is 0 Å². The van der Waals surface area contributed by atoms with Gasteiger partial charge in [0.25, 0.3) is 0 Å². The summed E-state index contributed by atoms with van der Waals surface area (Å²) in [6.45, 7) is 8.61. The first kappa shape index (κ1) is 35.0. The minimum atomic E-state index is -4.13. The lowest BCUT2D eigenvalue weighted by Gasteiger charge is -2.39. The summed E-state index contributed by atoms with van der Waals surface area (Å²) in [5.41, 5.74) is 4.79. The fraction of sp³-hybridized carbons (Fsp3) is 0.400. The van der Waals surface area contributed by atoms with Gasteiger partial charge < -0.3 is 0 Å². The summed E-state index contributed by atoms with van der Waals surface area (Å²) in [5, 5.41) is 0. The van der Waals surface area contributed by atoms with Crippen LogP contribution < -0.4 is 0 Å². The van der Waals surface area contributed by atoms with E-state index in [0.717, 1.165) is 58.8 Å². The van der Waals surface area contributed by atoms with E-state index < -0.39 is 20.4 Å². The average Bonchev–Trinajstić information content (AvgIpc) is 3.05. The summed E-state index contributed by atoms with van der Waals surface area (Å²) >= 11 is 0. The fourth-order valence-electron chi connectivity index (χ4n) is 5.69. The quantitative estimate of drug-likeness (QED) is 0.101. The van der Waals surface area contributed by atoms with E-state index >= 15 is 0 Å². The summed E-state index contributed by atoms with van der Waals surface area (Å²) in [6, 6.07) is 32.5. The molecule has 4 rings (SSSR count). The first-order chi connectivity index (χ1) is 21.8. The van der Waals surface area contributed by atoms with Crippen LogP contribution >= 0.6 is 10.3 Å². The van der Waals surface area contributed by atoms with E-state index in [2.05, 4.69) is 93.6 Å². The number of aryl methyl sites for hydroxylation is 4. The molecule has 4 aromatic carbocycles. The molecule has 3 nitrogen and oxygen atoms in total. The number of rotatable bonds is 18. The highest BCUT2D eigenvalue weighted by Crippen LogP contribution is 2.70. The molecule has 0 fully saturated rings. The topological polar surface area (TPSA) is 43.4 Å². The second-order valence-electron chi connectivity index (χ2n) is 12.2. The van der Waals surface area contributed by atoms with Crippen molar-refractivity contribution in [3.05, 3.63) is 119 Å². The van der Waals surface area contributed by atoms with Gasteiger partial charge in [-0.15, -0.1) is 0 Å². The van der Waals surface area contributed by atoms with Gasteiger partial charge in [0.05, 0.1) is 4.90 Å². The Bertz CT molecular complexity index is 1410. The minimum Gasteiger partial charge on any atom is -0.203 e. The van der Waals surface area contributed by atoms with Gasteiger partial charge in [0.1, 0.15) is 0 Å². The predicted molar refractivity (Wildman–Crippen MR) is 191 cm³/mol. The highest BCUT2D eigenvalue weighted by atomic mass is 32.3. The summed E-state index contributed by atoms with van der Waals surface area (Å²) in [4.78, 5) is 2.83. The normalized spacial score (nSPS) is 12.4. The zero-order valence-corrected chi connectivity index (χ0v) is 29.4. The molecule has 0 N–H and O–H groups in total. The molecule has 0 bridgehead atoms. The van der Waals surface area contributed by atoms with Crippen molar-refractivity contribution in [3.63, 3.8) is 0 Å². The minimum absolute atomic E-state index is 0.175. The molecule has 0 spiro atoms. The second kappa shape index (κ2) is 17.2. The van der Waals surface area contributed by atoms with Crippen LogP contribution in [0.4, 0.5) is 0 Å². The van der Waals surface area contributed by atoms with Crippen LogP contribution in [0.5, 0.6) is 0 Å². The number of hydrogen-bond acceptors (Lipinski definition) is 3. The molecule has 0 amide bonds. The van der Waals surface area contributed by atoms with Gasteiger partial charge in [0.2, 0.25) is 0 Å². The van der Waals surface area contributed by atoms with Crippen molar-refractivity contribution in [2.45, 2.75) is 124 Å². The molecule has 45 heavy (non-hydrogen) atoms. The summed E-state index contributed by atoms with van der Waals surface area (Å²) in [6.07, 6.45) is 13.6. The third kappa shape index (κ3) is 9.34. The summed E-state index contributed by atoms with van der Waals surface area (Å²) in [5.74, 6) is 0. The fourth-order valence-corrected chi connectivity index (χ4v) is 10.9. The van der Waals surface area contributed by atoms with Crippen molar-refractivity contribution in [2.75, 3.05) is 0 Å². The lowest BCUT2D eigenvalue weighted by Crippen LogP contribution is -2.15. The zero-order chi connectivity index (χ0) is 32.1. The molecule has 0 heterocycles. The van der Waals surface area contributed by atoms with Gasteiger partial charge in [-0.25, -0.2) is 3.63 Å². The van der Waals surface area contributed by atoms with E-state index in [1.54, 1.807) is 12.1 Å². The van der Waals surface area contributed by atoms with Gasteiger partial charge in [-0.1, -0.05) is 113 Å². The third-order valence-electron chi connectivity index (χ3n) is 8.47. The summed E-state index contributed by atoms with van der Waals surface area (Å²) in [7, 11) is -6.79. The maximum absolute atomic E-state index is 14.2. The van der Waals surface area contributed by atoms with E-state index in [1.807, 2.05) is 19.1 Å². The van der Waals surface area contributed by atoms with Gasteiger partial charge in [-0.3, -0.25) is 0 Å². The van der Waals surface area contributed by atoms with Crippen molar-refractivity contribution in [1.82, 2.24) is 0 Å². The maximum Gasteiger partial charge on any atom is 0.307 e. The van der Waals surface area contributed by atoms with E-state index in [4.69, 9.17) is 3.63 Å². The Kier molecular flexibility index (Phi) is 13.4. The van der Waals surface area contributed by atoms with Gasteiger partial charge in [-0.2, -0.15) is 8.42 Å². The second-order valence-corrected chi connectivity index (χ2v) is 16.6. The van der Waals surface area contributed by atoms with E-state index in [9.17, 15) is 8.42 Å². The Morgan fingerprint density at radius 3 is 1.07 bits per heavy atom. The molecule has 0 atom stereocenters. The van der Waals surface area contributed by atoms with Crippen molar-refractivity contribution in [1.29, 1.82) is 0 Å². The molecule has 0 aliphatic heterocycles. The van der Waals surface area contributed by atoms with E-state index in [-0.39, 0.29) is 4.90 Å². The van der Waals surface area contributed by atoms with Gasteiger partial charge in [-0.05, 0) is 121 Å². The molecule has 4 aromatic rings. The van der Waals surface area contributed by atoms with Crippen LogP contribution in [0.1, 0.15) is 101 Å². The molecule has 0 aromatic heterocycles. The molecule has 0 saturated carbocycles. The van der Waals surface area contributed by atoms with Crippen molar-refractivity contribution >= 4 is 20.4 Å². The number of benzene rings is 4. The Hall–Kier alpha value is -2.86. The molecule has 242 valence electrons. The van der Waals surface area contributed by atoms with Crippen LogP contribution in [-0.2, 0) is 33.0 Å². The van der Waals surface area contributed by atoms with Crippen LogP contribution in [0, 0.1) is 6.92 Å². The zero-order valence-electron chi connectivity index (χ0n) is 27.8. The third-order valence-corrected chi connectivity index (χ3v) is 13.7. The Labute approximate surface area is 275 Å². The predicted octanol–water partition coefficient (Wildman–Crippen LogP) is 11.8. The maximum atomic E-state index is 14.2. The summed E-state index contributed by atoms with van der Waals surface area (Å²) < 4.78 is 35.1. The molecular weight excluding hydrogens is 593 g/mol. The average molecular weight is 645 g/mol. The smallest absolute Gasteiger partial charge is 0.203 e. The van der Waals surface area contributed by atoms with Crippen molar-refractivity contribution in [3.8, 4) is 0 Å². The van der Waals surface area contributed by atoms with Crippen LogP contribution in [0.2, 0.25) is 0 Å². The van der Waals surface area contributed by atoms with Gasteiger partial charge >= 0.3 is 10.1 Å². The largest absolute Gasteiger partial charge is 0.307 e. The van der Waals surface area contributed by atoms with Gasteiger partial charge in [0.15, 0.2) is 0 Å². The molecule has 0 unspecified atom stereocenters. The monoisotopic (exact) mass is 644 g/mol. The Balaban J connectivity index is 1.87. The first-order valence-corrected chi connectivity index (χ1v) is 19.9. The Morgan fingerprint density at radius 1 is 0.444 bits per heavy atom. The molecular formula is C40H52O3S2. The molecule has 0 radical (unpaired) electrons. The molecule has 5 heteroatoms. The highest BCUT2D eigenvalue weighted by Gasteiger charge is 2.38. The van der Waals surface area contributed by atoms with Crippen LogP contribution in [0.15, 0.2) is 117 Å². The Morgan fingerprint density at radius 2 is 0.756 bits per heavy atom. The lowest BCUT2D eigenvalue weighted by atomic mass is 10.1.